The molecule has 0 aromatic rings. The van der Waals surface area contributed by atoms with Crippen LogP contribution in [0.5, 0.6) is 0 Å². The standard InChI is InChI=1S/C10H16N2O/c1-10(2,3)4-9(13)12-6-8(5-11)7-12/h8H,4,6-7H2,1-3H3. The third-order valence-electron chi connectivity index (χ3n) is 2.10. The van der Waals surface area contributed by atoms with Crippen molar-refractivity contribution in [2.75, 3.05) is 13.1 Å². The number of nitrogens with zero attached hydrogens (tertiary/aromatic N) is 2. The third kappa shape index (κ3) is 2.73. The number of carbonyl (C=O) groups is 1. The van der Waals surface area contributed by atoms with Crippen LogP contribution in [0.4, 0.5) is 0 Å². The van der Waals surface area contributed by atoms with Gasteiger partial charge < -0.3 is 4.90 Å². The molecule has 1 aliphatic rings. The molecule has 3 nitrogen and oxygen atoms in total. The predicted octanol–water partition coefficient (Wildman–Crippen LogP) is 1.40. The van der Waals surface area contributed by atoms with Crippen molar-refractivity contribution in [3.8, 4) is 6.07 Å². The average molecular weight is 180 g/mol. The minimum absolute atomic E-state index is 0.0504. The topological polar surface area (TPSA) is 44.1 Å². The Bertz CT molecular complexity index is 241. The van der Waals surface area contributed by atoms with Crippen LogP contribution in [-0.4, -0.2) is 23.9 Å². The molecule has 1 fully saturated rings. The van der Waals surface area contributed by atoms with Crippen molar-refractivity contribution in [1.82, 2.24) is 4.90 Å². The molecular formula is C10H16N2O. The molecule has 72 valence electrons. The Morgan fingerprint density at radius 1 is 1.54 bits per heavy atom. The molecule has 0 N–H and O–H groups in total. The summed E-state index contributed by atoms with van der Waals surface area (Å²) >= 11 is 0. The predicted molar refractivity (Wildman–Crippen MR) is 49.8 cm³/mol. The van der Waals surface area contributed by atoms with Gasteiger partial charge in [-0.2, -0.15) is 5.26 Å². The number of likely N-dealkylation sites (tertiary alicyclic amines) is 1. The van der Waals surface area contributed by atoms with E-state index in [1.54, 1.807) is 4.90 Å². The maximum atomic E-state index is 11.5. The Balaban J connectivity index is 2.33. The van der Waals surface area contributed by atoms with Crippen LogP contribution >= 0.6 is 0 Å². The summed E-state index contributed by atoms with van der Waals surface area (Å²) in [5.74, 6) is 0.253. The van der Waals surface area contributed by atoms with Crippen LogP contribution in [0.15, 0.2) is 0 Å². The zero-order chi connectivity index (χ0) is 10.1. The van der Waals surface area contributed by atoms with Gasteiger partial charge in [0.15, 0.2) is 0 Å². The van der Waals surface area contributed by atoms with Gasteiger partial charge in [0.1, 0.15) is 0 Å². The van der Waals surface area contributed by atoms with E-state index >= 15 is 0 Å². The second kappa shape index (κ2) is 3.37. The van der Waals surface area contributed by atoms with Gasteiger partial charge in [0.05, 0.1) is 12.0 Å². The lowest BCUT2D eigenvalue weighted by molar-refractivity contribution is -0.138. The van der Waals surface area contributed by atoms with E-state index in [-0.39, 0.29) is 17.2 Å². The number of amides is 1. The van der Waals surface area contributed by atoms with Gasteiger partial charge in [0.25, 0.3) is 0 Å². The van der Waals surface area contributed by atoms with Crippen LogP contribution in [-0.2, 0) is 4.79 Å². The van der Waals surface area contributed by atoms with Crippen molar-refractivity contribution in [2.45, 2.75) is 27.2 Å². The minimum Gasteiger partial charge on any atom is -0.340 e. The van der Waals surface area contributed by atoms with Gasteiger partial charge in [-0.3, -0.25) is 4.79 Å². The fraction of sp³-hybridized carbons (Fsp3) is 0.800. The molecule has 1 heterocycles. The van der Waals surface area contributed by atoms with Gasteiger partial charge in [-0.15, -0.1) is 0 Å². The molecule has 0 unspecified atom stereocenters. The van der Waals surface area contributed by atoms with Gasteiger partial charge in [-0.1, -0.05) is 20.8 Å². The largest absolute Gasteiger partial charge is 0.340 e. The van der Waals surface area contributed by atoms with Crippen LogP contribution in [0.3, 0.4) is 0 Å². The van der Waals surface area contributed by atoms with Crippen molar-refractivity contribution >= 4 is 5.91 Å². The first-order chi connectivity index (χ1) is 5.92. The molecule has 0 radical (unpaired) electrons. The molecule has 1 aliphatic heterocycles. The Morgan fingerprint density at radius 2 is 2.08 bits per heavy atom. The lowest BCUT2D eigenvalue weighted by Gasteiger charge is -2.36. The summed E-state index contributed by atoms with van der Waals surface area (Å²) in [5, 5.41) is 8.53. The van der Waals surface area contributed by atoms with E-state index in [9.17, 15) is 4.79 Å². The molecule has 0 spiro atoms. The summed E-state index contributed by atoms with van der Waals surface area (Å²) in [5.41, 5.74) is 0.0504. The zero-order valence-electron chi connectivity index (χ0n) is 8.50. The first kappa shape index (κ1) is 10.0. The van der Waals surface area contributed by atoms with Crippen LogP contribution in [0, 0.1) is 22.7 Å². The Kier molecular flexibility index (Phi) is 2.60. The lowest BCUT2D eigenvalue weighted by Crippen LogP contribution is -2.50. The molecule has 1 amide bonds. The fourth-order valence-electron chi connectivity index (χ4n) is 1.33. The average Bonchev–Trinajstić information content (AvgIpc) is 1.79. The number of hydrogen-bond donors (Lipinski definition) is 0. The fourth-order valence-corrected chi connectivity index (χ4v) is 1.33. The maximum absolute atomic E-state index is 11.5. The highest BCUT2D eigenvalue weighted by Crippen LogP contribution is 2.23. The maximum Gasteiger partial charge on any atom is 0.223 e. The summed E-state index contributed by atoms with van der Waals surface area (Å²) < 4.78 is 0. The molecule has 1 rings (SSSR count). The number of nitriles is 1. The third-order valence-corrected chi connectivity index (χ3v) is 2.10. The molecule has 1 saturated heterocycles. The SMILES string of the molecule is CC(C)(C)CC(=O)N1CC(C#N)C1. The van der Waals surface area contributed by atoms with Crippen molar-refractivity contribution in [2.24, 2.45) is 11.3 Å². The summed E-state index contributed by atoms with van der Waals surface area (Å²) in [4.78, 5) is 13.3. The Hall–Kier alpha value is -1.04. The Labute approximate surface area is 79.3 Å². The molecule has 0 saturated carbocycles. The van der Waals surface area contributed by atoms with E-state index in [1.807, 2.05) is 20.8 Å². The first-order valence-electron chi connectivity index (χ1n) is 4.60. The molecule has 0 atom stereocenters. The second-order valence-electron chi connectivity index (χ2n) is 4.86. The second-order valence-corrected chi connectivity index (χ2v) is 4.86. The summed E-state index contributed by atoms with van der Waals surface area (Å²) in [7, 11) is 0. The van der Waals surface area contributed by atoms with E-state index in [0.29, 0.717) is 19.5 Å². The number of hydrogen-bond acceptors (Lipinski definition) is 2. The highest BCUT2D eigenvalue weighted by atomic mass is 16.2. The van der Waals surface area contributed by atoms with Gasteiger partial charge >= 0.3 is 0 Å². The monoisotopic (exact) mass is 180 g/mol. The molecule has 0 aliphatic carbocycles. The van der Waals surface area contributed by atoms with E-state index in [2.05, 4.69) is 6.07 Å². The van der Waals surface area contributed by atoms with Crippen LogP contribution in [0.1, 0.15) is 27.2 Å². The Morgan fingerprint density at radius 3 is 2.46 bits per heavy atom. The van der Waals surface area contributed by atoms with Crippen molar-refractivity contribution in [3.05, 3.63) is 0 Å². The quantitative estimate of drug-likeness (QED) is 0.612. The van der Waals surface area contributed by atoms with Gasteiger partial charge in [-0.25, -0.2) is 0 Å². The van der Waals surface area contributed by atoms with Gasteiger partial charge in [-0.05, 0) is 5.41 Å². The molecule has 13 heavy (non-hydrogen) atoms. The van der Waals surface area contributed by atoms with Gasteiger partial charge in [0, 0.05) is 19.5 Å². The van der Waals surface area contributed by atoms with Crippen LogP contribution in [0.2, 0.25) is 0 Å². The molecule has 3 heteroatoms. The van der Waals surface area contributed by atoms with E-state index in [0.717, 1.165) is 0 Å². The summed E-state index contributed by atoms with van der Waals surface area (Å²) in [6.07, 6.45) is 0.575. The number of rotatable bonds is 1. The summed E-state index contributed by atoms with van der Waals surface area (Å²) in [6.45, 7) is 7.40. The molecule has 0 aromatic heterocycles. The van der Waals surface area contributed by atoms with E-state index < -0.39 is 0 Å². The lowest BCUT2D eigenvalue weighted by atomic mass is 9.90. The zero-order valence-corrected chi connectivity index (χ0v) is 8.50. The first-order valence-corrected chi connectivity index (χ1v) is 4.60. The van der Waals surface area contributed by atoms with Gasteiger partial charge in [0.2, 0.25) is 5.91 Å². The number of carbonyl (C=O) groups excluding carboxylic acids is 1. The van der Waals surface area contributed by atoms with E-state index in [1.165, 1.54) is 0 Å². The highest BCUT2D eigenvalue weighted by molar-refractivity contribution is 5.77. The summed E-state index contributed by atoms with van der Waals surface area (Å²) in [6, 6.07) is 2.16. The van der Waals surface area contributed by atoms with Crippen molar-refractivity contribution in [1.29, 1.82) is 5.26 Å². The van der Waals surface area contributed by atoms with Crippen molar-refractivity contribution < 1.29 is 4.79 Å². The van der Waals surface area contributed by atoms with Crippen LogP contribution in [0.25, 0.3) is 0 Å². The van der Waals surface area contributed by atoms with Crippen molar-refractivity contribution in [3.63, 3.8) is 0 Å². The minimum atomic E-state index is 0.0504. The van der Waals surface area contributed by atoms with Crippen LogP contribution < -0.4 is 0 Å². The molecule has 0 bridgehead atoms. The molecular weight excluding hydrogens is 164 g/mol. The molecule has 0 aromatic carbocycles. The smallest absolute Gasteiger partial charge is 0.223 e. The normalized spacial score (nSPS) is 17.8. The van der Waals surface area contributed by atoms with E-state index in [4.69, 9.17) is 5.26 Å². The highest BCUT2D eigenvalue weighted by Gasteiger charge is 2.31.